The second-order valence-corrected chi connectivity index (χ2v) is 5.32. The van der Waals surface area contributed by atoms with Gasteiger partial charge < -0.3 is 10.1 Å². The van der Waals surface area contributed by atoms with E-state index in [1.807, 2.05) is 25.1 Å². The summed E-state index contributed by atoms with van der Waals surface area (Å²) in [5, 5.41) is 3.14. The molecule has 2 aromatic rings. The zero-order valence-corrected chi connectivity index (χ0v) is 12.1. The van der Waals surface area contributed by atoms with Gasteiger partial charge in [0.05, 0.1) is 12.4 Å². The first-order valence-electron chi connectivity index (χ1n) is 6.07. The third kappa shape index (κ3) is 3.96. The van der Waals surface area contributed by atoms with Crippen LogP contribution >= 0.6 is 11.8 Å². The van der Waals surface area contributed by atoms with Gasteiger partial charge in [0.15, 0.2) is 5.16 Å². The zero-order chi connectivity index (χ0) is 14.4. The quantitative estimate of drug-likeness (QED) is 0.677. The van der Waals surface area contributed by atoms with Crippen molar-refractivity contribution >= 4 is 23.4 Å². The summed E-state index contributed by atoms with van der Waals surface area (Å²) in [7, 11) is 1.59. The Labute approximate surface area is 121 Å². The Morgan fingerprint density at radius 2 is 2.05 bits per heavy atom. The van der Waals surface area contributed by atoms with Crippen LogP contribution in [0.15, 0.2) is 47.9 Å². The van der Waals surface area contributed by atoms with Crippen molar-refractivity contribution in [3.8, 4) is 5.75 Å². The van der Waals surface area contributed by atoms with Crippen molar-refractivity contribution in [1.29, 1.82) is 0 Å². The predicted octanol–water partition coefficient (Wildman–Crippen LogP) is 2.60. The molecule has 20 heavy (non-hydrogen) atoms. The van der Waals surface area contributed by atoms with Crippen LogP contribution in [0.25, 0.3) is 0 Å². The molecule has 1 heterocycles. The number of benzene rings is 1. The van der Waals surface area contributed by atoms with Crippen molar-refractivity contribution in [3.63, 3.8) is 0 Å². The SMILES string of the molecule is COc1cccc(NC(=O)[C@H](C)Sc2ncccn2)c1. The van der Waals surface area contributed by atoms with Crippen LogP contribution in [-0.2, 0) is 4.79 Å². The van der Waals surface area contributed by atoms with Gasteiger partial charge in [0, 0.05) is 24.1 Å². The smallest absolute Gasteiger partial charge is 0.237 e. The Hall–Kier alpha value is -2.08. The van der Waals surface area contributed by atoms with E-state index in [-0.39, 0.29) is 11.2 Å². The van der Waals surface area contributed by atoms with Gasteiger partial charge in [0.1, 0.15) is 5.75 Å². The van der Waals surface area contributed by atoms with Crippen molar-refractivity contribution in [3.05, 3.63) is 42.7 Å². The molecule has 0 radical (unpaired) electrons. The highest BCUT2D eigenvalue weighted by Gasteiger charge is 2.16. The lowest BCUT2D eigenvalue weighted by Crippen LogP contribution is -2.22. The van der Waals surface area contributed by atoms with Gasteiger partial charge in [0.2, 0.25) is 5.91 Å². The lowest BCUT2D eigenvalue weighted by Gasteiger charge is -2.11. The zero-order valence-electron chi connectivity index (χ0n) is 11.2. The molecular weight excluding hydrogens is 274 g/mol. The number of carbonyl (C=O) groups excluding carboxylic acids is 1. The summed E-state index contributed by atoms with van der Waals surface area (Å²) in [6.45, 7) is 1.82. The molecule has 1 N–H and O–H groups in total. The Kier molecular flexibility index (Phi) is 4.95. The van der Waals surface area contributed by atoms with Crippen molar-refractivity contribution in [1.82, 2.24) is 9.97 Å². The highest BCUT2D eigenvalue weighted by atomic mass is 32.2. The number of carbonyl (C=O) groups is 1. The summed E-state index contributed by atoms with van der Waals surface area (Å²) in [5.41, 5.74) is 0.704. The average Bonchev–Trinajstić information content (AvgIpc) is 2.48. The fraction of sp³-hybridized carbons (Fsp3) is 0.214. The number of anilines is 1. The molecule has 1 aromatic carbocycles. The van der Waals surface area contributed by atoms with Crippen molar-refractivity contribution in [2.75, 3.05) is 12.4 Å². The summed E-state index contributed by atoms with van der Waals surface area (Å²) in [5.74, 6) is 0.602. The molecular formula is C14H15N3O2S. The van der Waals surface area contributed by atoms with Crippen LogP contribution in [0.5, 0.6) is 5.75 Å². The molecule has 0 aliphatic rings. The normalized spacial score (nSPS) is 11.7. The summed E-state index contributed by atoms with van der Waals surface area (Å²) >= 11 is 1.32. The fourth-order valence-electron chi connectivity index (χ4n) is 1.50. The second-order valence-electron chi connectivity index (χ2n) is 4.01. The van der Waals surface area contributed by atoms with Gasteiger partial charge >= 0.3 is 0 Å². The van der Waals surface area contributed by atoms with Crippen LogP contribution < -0.4 is 10.1 Å². The first-order valence-corrected chi connectivity index (χ1v) is 6.95. The minimum atomic E-state index is -0.288. The van der Waals surface area contributed by atoms with E-state index in [4.69, 9.17) is 4.74 Å². The minimum absolute atomic E-state index is 0.101. The molecule has 2 rings (SSSR count). The number of nitrogens with one attached hydrogen (secondary N) is 1. The third-order valence-electron chi connectivity index (χ3n) is 2.53. The molecule has 0 saturated heterocycles. The van der Waals surface area contributed by atoms with E-state index in [1.165, 1.54) is 11.8 Å². The highest BCUT2D eigenvalue weighted by molar-refractivity contribution is 8.00. The molecule has 0 bridgehead atoms. The first-order chi connectivity index (χ1) is 9.69. The maximum atomic E-state index is 12.1. The summed E-state index contributed by atoms with van der Waals surface area (Å²) in [6, 6.07) is 8.98. The number of methoxy groups -OCH3 is 1. The third-order valence-corrected chi connectivity index (χ3v) is 3.52. The Morgan fingerprint density at radius 3 is 2.75 bits per heavy atom. The first kappa shape index (κ1) is 14.3. The monoisotopic (exact) mass is 289 g/mol. The number of nitrogens with zero attached hydrogens (tertiary/aromatic N) is 2. The van der Waals surface area contributed by atoms with Crippen molar-refractivity contribution < 1.29 is 9.53 Å². The molecule has 0 spiro atoms. The van der Waals surface area contributed by atoms with E-state index in [2.05, 4.69) is 15.3 Å². The molecule has 5 nitrogen and oxygen atoms in total. The van der Waals surface area contributed by atoms with Crippen LogP contribution in [0.1, 0.15) is 6.92 Å². The molecule has 0 unspecified atom stereocenters. The summed E-state index contributed by atoms with van der Waals surface area (Å²) in [4.78, 5) is 20.3. The van der Waals surface area contributed by atoms with Gasteiger partial charge in [-0.2, -0.15) is 0 Å². The number of ether oxygens (including phenoxy) is 1. The predicted molar refractivity (Wildman–Crippen MR) is 79.0 cm³/mol. The Bertz CT molecular complexity index is 578. The lowest BCUT2D eigenvalue weighted by molar-refractivity contribution is -0.115. The van der Waals surface area contributed by atoms with Gasteiger partial charge in [-0.1, -0.05) is 17.8 Å². The molecule has 0 aliphatic carbocycles. The molecule has 6 heteroatoms. The van der Waals surface area contributed by atoms with E-state index in [0.717, 1.165) is 0 Å². The highest BCUT2D eigenvalue weighted by Crippen LogP contribution is 2.21. The largest absolute Gasteiger partial charge is 0.497 e. The molecule has 104 valence electrons. The van der Waals surface area contributed by atoms with E-state index in [0.29, 0.717) is 16.6 Å². The molecule has 0 saturated carbocycles. The van der Waals surface area contributed by atoms with E-state index < -0.39 is 0 Å². The molecule has 0 aliphatic heterocycles. The standard InChI is InChI=1S/C14H15N3O2S/c1-10(20-14-15-7-4-8-16-14)13(18)17-11-5-3-6-12(9-11)19-2/h3-10H,1-2H3,(H,17,18)/t10-/m0/s1. The summed E-state index contributed by atoms with van der Waals surface area (Å²) < 4.78 is 5.12. The maximum absolute atomic E-state index is 12.1. The van der Waals surface area contributed by atoms with E-state index in [1.54, 1.807) is 31.6 Å². The second kappa shape index (κ2) is 6.91. The number of hydrogen-bond acceptors (Lipinski definition) is 5. The van der Waals surface area contributed by atoms with Crippen LogP contribution in [0.4, 0.5) is 5.69 Å². The van der Waals surface area contributed by atoms with Gasteiger partial charge in [0.25, 0.3) is 0 Å². The maximum Gasteiger partial charge on any atom is 0.237 e. The van der Waals surface area contributed by atoms with Crippen LogP contribution in [0.2, 0.25) is 0 Å². The van der Waals surface area contributed by atoms with Crippen molar-refractivity contribution in [2.45, 2.75) is 17.3 Å². The van der Waals surface area contributed by atoms with Gasteiger partial charge in [-0.25, -0.2) is 9.97 Å². The molecule has 1 atom stereocenters. The lowest BCUT2D eigenvalue weighted by atomic mass is 10.3. The number of rotatable bonds is 5. The van der Waals surface area contributed by atoms with Gasteiger partial charge in [-0.3, -0.25) is 4.79 Å². The molecule has 0 fully saturated rings. The number of thioether (sulfide) groups is 1. The Morgan fingerprint density at radius 1 is 1.30 bits per heavy atom. The Balaban J connectivity index is 1.97. The van der Waals surface area contributed by atoms with Crippen LogP contribution in [0.3, 0.4) is 0 Å². The average molecular weight is 289 g/mol. The van der Waals surface area contributed by atoms with Gasteiger partial charge in [-0.15, -0.1) is 0 Å². The van der Waals surface area contributed by atoms with Gasteiger partial charge in [-0.05, 0) is 25.1 Å². The van der Waals surface area contributed by atoms with Crippen LogP contribution in [-0.4, -0.2) is 28.2 Å². The molecule has 1 aromatic heterocycles. The molecule has 1 amide bonds. The topological polar surface area (TPSA) is 64.1 Å². The summed E-state index contributed by atoms with van der Waals surface area (Å²) in [6.07, 6.45) is 3.31. The number of amides is 1. The van der Waals surface area contributed by atoms with E-state index >= 15 is 0 Å². The number of aromatic nitrogens is 2. The van der Waals surface area contributed by atoms with E-state index in [9.17, 15) is 4.79 Å². The minimum Gasteiger partial charge on any atom is -0.497 e. The van der Waals surface area contributed by atoms with Crippen LogP contribution in [0, 0.1) is 0 Å². The fourth-order valence-corrected chi connectivity index (χ4v) is 2.23. The van der Waals surface area contributed by atoms with Crippen molar-refractivity contribution in [2.24, 2.45) is 0 Å². The number of hydrogen-bond donors (Lipinski definition) is 1.